The molecule has 0 unspecified atom stereocenters. The van der Waals surface area contributed by atoms with Gasteiger partial charge in [0.1, 0.15) is 0 Å². The number of hydrogen-bond donors (Lipinski definition) is 1. The molecule has 2 N–H and O–H groups in total. The maximum absolute atomic E-state index is 5.57. The summed E-state index contributed by atoms with van der Waals surface area (Å²) in [6.07, 6.45) is 1.59. The Kier molecular flexibility index (Phi) is 1.56. The summed E-state index contributed by atoms with van der Waals surface area (Å²) in [4.78, 5) is 11.8. The zero-order valence-electron chi connectivity index (χ0n) is 5.28. The molecule has 0 saturated heterocycles. The summed E-state index contributed by atoms with van der Waals surface area (Å²) in [5, 5.41) is 0.260. The third-order valence-corrected chi connectivity index (χ3v) is 2.99. The molecule has 56 valence electrons. The monoisotopic (exact) mass is 234 g/mol. The van der Waals surface area contributed by atoms with Gasteiger partial charge in [-0.2, -0.15) is 0 Å². The van der Waals surface area contributed by atoms with Crippen molar-refractivity contribution in [2.45, 2.75) is 0 Å². The van der Waals surface area contributed by atoms with E-state index in [0.717, 1.165) is 9.91 Å². The zero-order chi connectivity index (χ0) is 7.84. The molecule has 2 aromatic heterocycles. The Labute approximate surface area is 73.2 Å². The van der Waals surface area contributed by atoms with Crippen molar-refractivity contribution in [1.82, 2.24) is 15.0 Å². The molecule has 4 nitrogen and oxygen atoms in total. The van der Waals surface area contributed by atoms with Gasteiger partial charge in [-0.05, 0) is 0 Å². The maximum atomic E-state index is 5.57. The fraction of sp³-hybridized carbons (Fsp3) is 0. The molecule has 0 atom stereocenters. The zero-order valence-corrected chi connectivity index (χ0v) is 7.75. The van der Waals surface area contributed by atoms with Gasteiger partial charge < -0.3 is 0 Å². The number of fused-ring (bicyclic) bond motifs is 1. The van der Waals surface area contributed by atoms with Crippen LogP contribution >= 0.6 is 11.6 Å². The number of nitrogens with two attached hydrogens (primary N) is 1. The summed E-state index contributed by atoms with van der Waals surface area (Å²) in [5.41, 5.74) is 6.26. The standard InChI is InChI=1S/C5H3ClN4Se/c6-4-8-1-2-3(10-4)11-5(7)9-2/h1H,(H2,7,9). The van der Waals surface area contributed by atoms with Crippen LogP contribution in [0.2, 0.25) is 5.28 Å². The average Bonchev–Trinajstić information content (AvgIpc) is 2.27. The van der Waals surface area contributed by atoms with Crippen LogP contribution in [0.4, 0.5) is 4.69 Å². The van der Waals surface area contributed by atoms with E-state index in [1.54, 1.807) is 6.20 Å². The second-order valence-electron chi connectivity index (χ2n) is 1.88. The molecule has 6 heteroatoms. The van der Waals surface area contributed by atoms with Crippen LogP contribution in [0.25, 0.3) is 9.91 Å². The molecule has 2 heterocycles. The molecule has 2 rings (SSSR count). The van der Waals surface area contributed by atoms with E-state index in [0.29, 0.717) is 4.69 Å². The number of nitrogen functional groups attached to an aromatic ring is 1. The first kappa shape index (κ1) is 7.03. The van der Waals surface area contributed by atoms with E-state index in [1.807, 2.05) is 0 Å². The molecule has 0 aromatic carbocycles. The Hall–Kier alpha value is -0.641. The quantitative estimate of drug-likeness (QED) is 0.526. The molecular formula is C5H3ClN4Se. The summed E-state index contributed by atoms with van der Waals surface area (Å²) in [6, 6.07) is 0. The van der Waals surface area contributed by atoms with Crippen molar-refractivity contribution in [3.05, 3.63) is 11.5 Å². The van der Waals surface area contributed by atoms with E-state index in [-0.39, 0.29) is 19.8 Å². The van der Waals surface area contributed by atoms with Gasteiger partial charge in [0, 0.05) is 0 Å². The number of nitrogens with zero attached hydrogens (tertiary/aromatic N) is 3. The molecule has 0 amide bonds. The van der Waals surface area contributed by atoms with E-state index >= 15 is 0 Å². The van der Waals surface area contributed by atoms with Crippen LogP contribution in [-0.4, -0.2) is 29.5 Å². The molecular weight excluding hydrogens is 230 g/mol. The van der Waals surface area contributed by atoms with Crippen LogP contribution in [0.1, 0.15) is 0 Å². The minimum absolute atomic E-state index is 0.0436. The Morgan fingerprint density at radius 2 is 2.27 bits per heavy atom. The second-order valence-corrected chi connectivity index (χ2v) is 4.34. The van der Waals surface area contributed by atoms with Gasteiger partial charge in [-0.25, -0.2) is 0 Å². The number of anilines is 1. The molecule has 0 saturated carbocycles. The van der Waals surface area contributed by atoms with E-state index < -0.39 is 0 Å². The number of aromatic nitrogens is 3. The molecule has 2 aromatic rings. The van der Waals surface area contributed by atoms with Crippen molar-refractivity contribution in [3.63, 3.8) is 0 Å². The van der Waals surface area contributed by atoms with Crippen LogP contribution in [0.5, 0.6) is 0 Å². The molecule has 11 heavy (non-hydrogen) atoms. The summed E-state index contributed by atoms with van der Waals surface area (Å²) >= 11 is 5.61. The van der Waals surface area contributed by atoms with Crippen LogP contribution in [0, 0.1) is 0 Å². The first-order chi connectivity index (χ1) is 5.25. The fourth-order valence-electron chi connectivity index (χ4n) is 0.732. The van der Waals surface area contributed by atoms with Gasteiger partial charge in [-0.15, -0.1) is 0 Å². The van der Waals surface area contributed by atoms with Gasteiger partial charge in [0.2, 0.25) is 0 Å². The van der Waals surface area contributed by atoms with Crippen LogP contribution in [0.15, 0.2) is 6.20 Å². The number of halogens is 1. The van der Waals surface area contributed by atoms with E-state index in [2.05, 4.69) is 15.0 Å². The molecule has 0 fully saturated rings. The Morgan fingerprint density at radius 3 is 3.09 bits per heavy atom. The van der Waals surface area contributed by atoms with Crippen LogP contribution in [0.3, 0.4) is 0 Å². The Balaban J connectivity index is 2.82. The van der Waals surface area contributed by atoms with Crippen LogP contribution in [-0.2, 0) is 0 Å². The summed E-state index contributed by atoms with van der Waals surface area (Å²) in [5.74, 6) is 0. The first-order valence-electron chi connectivity index (χ1n) is 2.80. The molecule has 0 radical (unpaired) electrons. The molecule has 0 spiro atoms. The van der Waals surface area contributed by atoms with E-state index in [4.69, 9.17) is 17.3 Å². The van der Waals surface area contributed by atoms with Crippen molar-refractivity contribution >= 4 is 40.7 Å². The van der Waals surface area contributed by atoms with Crippen molar-refractivity contribution in [2.24, 2.45) is 0 Å². The second kappa shape index (κ2) is 2.44. The van der Waals surface area contributed by atoms with Crippen molar-refractivity contribution in [1.29, 1.82) is 0 Å². The summed E-state index contributed by atoms with van der Waals surface area (Å²) < 4.78 is 1.50. The van der Waals surface area contributed by atoms with Gasteiger partial charge in [0.25, 0.3) is 0 Å². The predicted molar refractivity (Wildman–Crippen MR) is 43.7 cm³/mol. The third kappa shape index (κ3) is 1.22. The van der Waals surface area contributed by atoms with Gasteiger partial charge in [-0.1, -0.05) is 0 Å². The van der Waals surface area contributed by atoms with Gasteiger partial charge >= 0.3 is 72.9 Å². The first-order valence-corrected chi connectivity index (χ1v) is 4.89. The molecule has 0 aliphatic heterocycles. The van der Waals surface area contributed by atoms with Gasteiger partial charge in [-0.3, -0.25) is 0 Å². The molecule has 0 bridgehead atoms. The predicted octanol–water partition coefficient (Wildman–Crippen LogP) is 0.317. The van der Waals surface area contributed by atoms with Crippen molar-refractivity contribution in [2.75, 3.05) is 5.73 Å². The minimum atomic E-state index is 0.0436. The fourth-order valence-corrected chi connectivity index (χ4v) is 2.40. The van der Waals surface area contributed by atoms with E-state index in [1.165, 1.54) is 0 Å². The third-order valence-electron chi connectivity index (χ3n) is 1.14. The SMILES string of the molecule is Nc1nc2cnc(Cl)nc2[se]1. The number of rotatable bonds is 0. The van der Waals surface area contributed by atoms with Crippen molar-refractivity contribution in [3.8, 4) is 0 Å². The van der Waals surface area contributed by atoms with Gasteiger partial charge in [0.05, 0.1) is 0 Å². The van der Waals surface area contributed by atoms with Crippen LogP contribution < -0.4 is 5.73 Å². The normalized spacial score (nSPS) is 10.6. The van der Waals surface area contributed by atoms with Crippen molar-refractivity contribution < 1.29 is 0 Å². The Bertz CT molecular complexity index is 398. The average molecular weight is 234 g/mol. The van der Waals surface area contributed by atoms with Gasteiger partial charge in [0.15, 0.2) is 0 Å². The molecule has 0 aliphatic carbocycles. The topological polar surface area (TPSA) is 64.7 Å². The Morgan fingerprint density at radius 1 is 1.45 bits per heavy atom. The number of hydrogen-bond acceptors (Lipinski definition) is 4. The summed E-state index contributed by atoms with van der Waals surface area (Å²) in [6.45, 7) is 0. The summed E-state index contributed by atoms with van der Waals surface area (Å²) in [7, 11) is 0. The molecule has 0 aliphatic rings. The van der Waals surface area contributed by atoms with E-state index in [9.17, 15) is 0 Å².